The molecule has 3 aromatic carbocycles. The largest absolute Gasteiger partial charge is 0.322 e. The maximum Gasteiger partial charge on any atom is 0.261 e. The Morgan fingerprint density at radius 2 is 1.44 bits per heavy atom. The predicted molar refractivity (Wildman–Crippen MR) is 108 cm³/mol. The van der Waals surface area contributed by atoms with Gasteiger partial charge in [-0.3, -0.25) is 9.52 Å². The predicted octanol–water partition coefficient (Wildman–Crippen LogP) is 5.05. The molecule has 0 unspecified atom stereocenters. The van der Waals surface area contributed by atoms with Crippen LogP contribution in [-0.2, 0) is 10.0 Å². The molecule has 0 saturated carbocycles. The Hall–Kier alpha value is -2.54. The minimum absolute atomic E-state index is 0.0923. The van der Waals surface area contributed by atoms with Gasteiger partial charge in [0.05, 0.1) is 4.90 Å². The molecule has 0 fully saturated rings. The highest BCUT2D eigenvalue weighted by atomic mass is 35.5. The molecular weight excluding hydrogens is 407 g/mol. The van der Waals surface area contributed by atoms with Crippen molar-refractivity contribution in [2.75, 3.05) is 10.0 Å². The fourth-order valence-corrected chi connectivity index (χ4v) is 3.66. The molecule has 8 heteroatoms. The number of nitrogens with one attached hydrogen (secondary N) is 2. The molecule has 3 rings (SSSR count). The number of carbonyl (C=O) groups excluding carboxylic acids is 1. The SMILES string of the molecule is O=C(Nc1cccc(Cl)c1)c1ccc(NS(=O)(=O)c2ccc(Cl)cc2)cc1. The molecule has 5 nitrogen and oxygen atoms in total. The Morgan fingerprint density at radius 3 is 2.07 bits per heavy atom. The summed E-state index contributed by atoms with van der Waals surface area (Å²) < 4.78 is 27.2. The standard InChI is InChI=1S/C19H14Cl2N2O3S/c20-14-6-10-18(11-7-14)27(25,26)23-16-8-4-13(5-9-16)19(24)22-17-3-1-2-15(21)12-17/h1-12,23H,(H,22,24). The molecule has 0 aliphatic carbocycles. The topological polar surface area (TPSA) is 75.3 Å². The number of benzene rings is 3. The zero-order valence-electron chi connectivity index (χ0n) is 13.8. The Kier molecular flexibility index (Phi) is 5.70. The number of hydrogen-bond donors (Lipinski definition) is 2. The molecule has 0 bridgehead atoms. The first kappa shape index (κ1) is 19.2. The molecule has 27 heavy (non-hydrogen) atoms. The van der Waals surface area contributed by atoms with Crippen molar-refractivity contribution in [3.05, 3.63) is 88.4 Å². The summed E-state index contributed by atoms with van der Waals surface area (Å²) in [5.41, 5.74) is 1.29. The van der Waals surface area contributed by atoms with Crippen molar-refractivity contribution >= 4 is 50.5 Å². The fourth-order valence-electron chi connectivity index (χ4n) is 2.29. The monoisotopic (exact) mass is 420 g/mol. The molecule has 138 valence electrons. The van der Waals surface area contributed by atoms with Crippen molar-refractivity contribution in [3.8, 4) is 0 Å². The highest BCUT2D eigenvalue weighted by molar-refractivity contribution is 7.92. The average Bonchev–Trinajstić information content (AvgIpc) is 2.62. The smallest absolute Gasteiger partial charge is 0.261 e. The zero-order valence-corrected chi connectivity index (χ0v) is 16.1. The second kappa shape index (κ2) is 8.00. The Morgan fingerprint density at radius 1 is 0.778 bits per heavy atom. The summed E-state index contributed by atoms with van der Waals surface area (Å²) >= 11 is 11.7. The third-order valence-electron chi connectivity index (χ3n) is 3.61. The summed E-state index contributed by atoms with van der Waals surface area (Å²) in [6, 6.07) is 18.7. The molecule has 0 atom stereocenters. The van der Waals surface area contributed by atoms with E-state index in [2.05, 4.69) is 10.0 Å². The van der Waals surface area contributed by atoms with Gasteiger partial charge in [0.1, 0.15) is 0 Å². The summed E-state index contributed by atoms with van der Waals surface area (Å²) in [6.45, 7) is 0. The van der Waals surface area contributed by atoms with E-state index in [1.54, 1.807) is 24.3 Å². The maximum atomic E-state index is 12.4. The van der Waals surface area contributed by atoms with Gasteiger partial charge in [-0.05, 0) is 66.7 Å². The van der Waals surface area contributed by atoms with Crippen LogP contribution in [0.15, 0.2) is 77.7 Å². The molecule has 0 aromatic heterocycles. The molecule has 0 aliphatic rings. The van der Waals surface area contributed by atoms with Crippen molar-refractivity contribution in [1.82, 2.24) is 0 Å². The van der Waals surface area contributed by atoms with Crippen LogP contribution in [0.2, 0.25) is 10.0 Å². The van der Waals surface area contributed by atoms with E-state index < -0.39 is 10.0 Å². The van der Waals surface area contributed by atoms with Crippen molar-refractivity contribution in [1.29, 1.82) is 0 Å². The Bertz CT molecular complexity index is 1070. The number of amides is 1. The third kappa shape index (κ3) is 5.01. The molecule has 0 radical (unpaired) electrons. The van der Waals surface area contributed by atoms with Crippen LogP contribution >= 0.6 is 23.2 Å². The number of hydrogen-bond acceptors (Lipinski definition) is 3. The van der Waals surface area contributed by atoms with Gasteiger partial charge in [0.2, 0.25) is 0 Å². The maximum absolute atomic E-state index is 12.4. The summed E-state index contributed by atoms with van der Waals surface area (Å²) in [4.78, 5) is 12.4. The van der Waals surface area contributed by atoms with Gasteiger partial charge in [-0.25, -0.2) is 8.42 Å². The molecule has 2 N–H and O–H groups in total. The van der Waals surface area contributed by atoms with E-state index in [1.807, 2.05) is 0 Å². The summed E-state index contributed by atoms with van der Waals surface area (Å²) in [7, 11) is -3.74. The number of sulfonamides is 1. The van der Waals surface area contributed by atoms with Gasteiger partial charge >= 0.3 is 0 Å². The van der Waals surface area contributed by atoms with Gasteiger partial charge in [0, 0.05) is 27.0 Å². The summed E-state index contributed by atoms with van der Waals surface area (Å²) in [5, 5.41) is 3.69. The quantitative estimate of drug-likeness (QED) is 0.606. The number of carbonyl (C=O) groups is 1. The van der Waals surface area contributed by atoms with E-state index in [-0.39, 0.29) is 10.8 Å². The van der Waals surface area contributed by atoms with Crippen molar-refractivity contribution in [2.45, 2.75) is 4.90 Å². The first-order chi connectivity index (χ1) is 12.8. The van der Waals surface area contributed by atoms with Gasteiger partial charge < -0.3 is 5.32 Å². The van der Waals surface area contributed by atoms with Crippen LogP contribution in [0.5, 0.6) is 0 Å². The second-order valence-electron chi connectivity index (χ2n) is 5.60. The van der Waals surface area contributed by atoms with E-state index in [0.29, 0.717) is 27.0 Å². The van der Waals surface area contributed by atoms with E-state index >= 15 is 0 Å². The molecule has 0 saturated heterocycles. The van der Waals surface area contributed by atoms with Crippen LogP contribution in [0.25, 0.3) is 0 Å². The van der Waals surface area contributed by atoms with E-state index in [9.17, 15) is 13.2 Å². The van der Waals surface area contributed by atoms with E-state index in [0.717, 1.165) is 0 Å². The zero-order chi connectivity index (χ0) is 19.4. The van der Waals surface area contributed by atoms with Gasteiger partial charge in [0.25, 0.3) is 15.9 Å². The first-order valence-electron chi connectivity index (χ1n) is 7.79. The van der Waals surface area contributed by atoms with Crippen molar-refractivity contribution in [2.24, 2.45) is 0 Å². The van der Waals surface area contributed by atoms with E-state index in [1.165, 1.54) is 48.5 Å². The van der Waals surface area contributed by atoms with Crippen molar-refractivity contribution in [3.63, 3.8) is 0 Å². The summed E-state index contributed by atoms with van der Waals surface area (Å²) in [6.07, 6.45) is 0. The second-order valence-corrected chi connectivity index (χ2v) is 8.16. The Balaban J connectivity index is 1.71. The lowest BCUT2D eigenvalue weighted by molar-refractivity contribution is 0.102. The molecule has 3 aromatic rings. The van der Waals surface area contributed by atoms with Gasteiger partial charge in [-0.15, -0.1) is 0 Å². The van der Waals surface area contributed by atoms with Crippen LogP contribution in [-0.4, -0.2) is 14.3 Å². The normalized spacial score (nSPS) is 11.0. The van der Waals surface area contributed by atoms with Crippen LogP contribution in [0, 0.1) is 0 Å². The Labute approximate surface area is 167 Å². The van der Waals surface area contributed by atoms with Crippen LogP contribution in [0.1, 0.15) is 10.4 Å². The molecule has 0 aliphatic heterocycles. The van der Waals surface area contributed by atoms with Crippen LogP contribution in [0.3, 0.4) is 0 Å². The summed E-state index contributed by atoms with van der Waals surface area (Å²) in [5.74, 6) is -0.329. The number of halogens is 2. The minimum Gasteiger partial charge on any atom is -0.322 e. The first-order valence-corrected chi connectivity index (χ1v) is 10.0. The third-order valence-corrected chi connectivity index (χ3v) is 5.49. The minimum atomic E-state index is -3.74. The van der Waals surface area contributed by atoms with E-state index in [4.69, 9.17) is 23.2 Å². The average molecular weight is 421 g/mol. The van der Waals surface area contributed by atoms with Gasteiger partial charge in [-0.1, -0.05) is 29.3 Å². The lowest BCUT2D eigenvalue weighted by atomic mass is 10.2. The number of rotatable bonds is 5. The lowest BCUT2D eigenvalue weighted by Crippen LogP contribution is -2.14. The molecule has 0 spiro atoms. The number of anilines is 2. The van der Waals surface area contributed by atoms with Crippen molar-refractivity contribution < 1.29 is 13.2 Å². The van der Waals surface area contributed by atoms with Gasteiger partial charge in [-0.2, -0.15) is 0 Å². The highest BCUT2D eigenvalue weighted by Gasteiger charge is 2.14. The van der Waals surface area contributed by atoms with Crippen LogP contribution in [0.4, 0.5) is 11.4 Å². The molecule has 0 heterocycles. The lowest BCUT2D eigenvalue weighted by Gasteiger charge is -2.09. The highest BCUT2D eigenvalue weighted by Crippen LogP contribution is 2.20. The fraction of sp³-hybridized carbons (Fsp3) is 0. The molecular formula is C19H14Cl2N2O3S. The van der Waals surface area contributed by atoms with Gasteiger partial charge in [0.15, 0.2) is 0 Å². The molecule has 1 amide bonds. The van der Waals surface area contributed by atoms with Crippen LogP contribution < -0.4 is 10.0 Å².